The van der Waals surface area contributed by atoms with E-state index in [2.05, 4.69) is 0 Å². The number of hydrogen-bond donors (Lipinski definition) is 6. The van der Waals surface area contributed by atoms with Gasteiger partial charge in [0.2, 0.25) is 0 Å². The van der Waals surface area contributed by atoms with Crippen molar-refractivity contribution < 1.29 is 68.8 Å². The zero-order valence-corrected chi connectivity index (χ0v) is 25.0. The van der Waals surface area contributed by atoms with Crippen molar-refractivity contribution in [2.75, 3.05) is 14.2 Å². The molecule has 14 nitrogen and oxygen atoms in total. The molecule has 0 aromatic heterocycles. The van der Waals surface area contributed by atoms with Crippen LogP contribution >= 0.6 is 0 Å². The molecule has 46 heavy (non-hydrogen) atoms. The fourth-order valence-corrected chi connectivity index (χ4v) is 7.00. The summed E-state index contributed by atoms with van der Waals surface area (Å²) in [5, 5.41) is 67.3. The van der Waals surface area contributed by atoms with Crippen LogP contribution in [0.15, 0.2) is 35.4 Å². The van der Waals surface area contributed by atoms with Crippen molar-refractivity contribution in [2.45, 2.75) is 50.1 Å². The van der Waals surface area contributed by atoms with Gasteiger partial charge in [0.15, 0.2) is 11.6 Å². The highest BCUT2D eigenvalue weighted by atomic mass is 16.6. The summed E-state index contributed by atoms with van der Waals surface area (Å²) < 4.78 is 22.2. The van der Waals surface area contributed by atoms with Crippen molar-refractivity contribution in [3.63, 3.8) is 0 Å². The highest BCUT2D eigenvalue weighted by Crippen LogP contribution is 2.57. The minimum atomic E-state index is -2.58. The number of esters is 2. The second-order valence-corrected chi connectivity index (χ2v) is 11.9. The molecule has 2 aliphatic carbocycles. The van der Waals surface area contributed by atoms with E-state index < -0.39 is 116 Å². The fourth-order valence-electron chi connectivity index (χ4n) is 7.00. The summed E-state index contributed by atoms with van der Waals surface area (Å²) in [4.78, 5) is 53.2. The minimum Gasteiger partial charge on any atom is -0.507 e. The molecule has 0 saturated heterocycles. The van der Waals surface area contributed by atoms with Crippen LogP contribution in [0, 0.1) is 11.8 Å². The number of hydrogen-bond acceptors (Lipinski definition) is 14. The molecule has 2 aliphatic heterocycles. The number of Topliss-reactive ketones (excluding diaryl/α,β-unsaturated/α-hetero) is 2. The lowest BCUT2D eigenvalue weighted by Crippen LogP contribution is -2.64. The number of carbonyl (C=O) groups is 4. The van der Waals surface area contributed by atoms with Crippen molar-refractivity contribution in [3.8, 4) is 34.1 Å². The first-order valence-corrected chi connectivity index (χ1v) is 14.3. The van der Waals surface area contributed by atoms with Gasteiger partial charge in [-0.3, -0.25) is 9.59 Å². The summed E-state index contributed by atoms with van der Waals surface area (Å²) in [5.74, 6) is -9.42. The summed E-state index contributed by atoms with van der Waals surface area (Å²) in [6.07, 6.45) is -3.96. The van der Waals surface area contributed by atoms with Gasteiger partial charge in [-0.15, -0.1) is 0 Å². The first-order valence-electron chi connectivity index (χ1n) is 14.3. The molecule has 0 spiro atoms. The lowest BCUT2D eigenvalue weighted by atomic mass is 9.69. The molecule has 6 rings (SSSR count). The van der Waals surface area contributed by atoms with Crippen LogP contribution in [-0.4, -0.2) is 91.8 Å². The van der Waals surface area contributed by atoms with Gasteiger partial charge in [-0.1, -0.05) is 13.8 Å². The third-order valence-corrected chi connectivity index (χ3v) is 9.24. The monoisotopic (exact) mass is 638 g/mol. The van der Waals surface area contributed by atoms with Gasteiger partial charge in [-0.25, -0.2) is 9.59 Å². The molecule has 0 bridgehead atoms. The Bertz CT molecular complexity index is 1690. The molecule has 4 aliphatic rings. The van der Waals surface area contributed by atoms with Gasteiger partial charge >= 0.3 is 11.9 Å². The Morgan fingerprint density at radius 2 is 1.04 bits per heavy atom. The minimum absolute atomic E-state index is 0.100. The number of fused-ring (bicyclic) bond motifs is 4. The molecule has 2 aromatic rings. The summed E-state index contributed by atoms with van der Waals surface area (Å²) in [6.45, 7) is 2.98. The summed E-state index contributed by atoms with van der Waals surface area (Å²) in [7, 11) is 1.98. The van der Waals surface area contributed by atoms with Crippen molar-refractivity contribution in [1.29, 1.82) is 0 Å². The molecule has 242 valence electrons. The Labute approximate surface area is 260 Å². The number of methoxy groups -OCH3 is 2. The molecule has 2 aromatic carbocycles. The molecular formula is C32H30O14. The Morgan fingerprint density at radius 1 is 0.696 bits per heavy atom. The zero-order chi connectivity index (χ0) is 33.6. The van der Waals surface area contributed by atoms with Gasteiger partial charge in [0.05, 0.1) is 25.4 Å². The number of rotatable bonds is 3. The number of aliphatic hydroxyl groups is 4. The number of ketones is 2. The summed E-state index contributed by atoms with van der Waals surface area (Å²) in [6, 6.07) is 4.73. The number of ether oxygens (including phenoxy) is 4. The predicted molar refractivity (Wildman–Crippen MR) is 155 cm³/mol. The second kappa shape index (κ2) is 10.2. The molecule has 6 N–H and O–H groups in total. The van der Waals surface area contributed by atoms with E-state index in [-0.39, 0.29) is 24.0 Å². The van der Waals surface area contributed by atoms with Gasteiger partial charge in [-0.2, -0.15) is 0 Å². The van der Waals surface area contributed by atoms with E-state index in [9.17, 15) is 49.8 Å². The van der Waals surface area contributed by atoms with E-state index in [0.717, 1.165) is 26.4 Å². The number of phenols is 2. The van der Waals surface area contributed by atoms with Crippen molar-refractivity contribution in [1.82, 2.24) is 0 Å². The summed E-state index contributed by atoms with van der Waals surface area (Å²) >= 11 is 0. The quantitative estimate of drug-likeness (QED) is 0.264. The third kappa shape index (κ3) is 3.70. The van der Waals surface area contributed by atoms with E-state index in [1.807, 2.05) is 0 Å². The number of benzene rings is 2. The van der Waals surface area contributed by atoms with Gasteiger partial charge in [0.1, 0.15) is 57.9 Å². The number of aromatic hydroxyl groups is 2. The molecule has 6 atom stereocenters. The predicted octanol–water partition coefficient (Wildman–Crippen LogP) is 1.85. The van der Waals surface area contributed by atoms with Crippen LogP contribution in [0.4, 0.5) is 0 Å². The molecular weight excluding hydrogens is 608 g/mol. The van der Waals surface area contributed by atoms with E-state index in [1.165, 1.54) is 26.0 Å². The molecule has 2 unspecified atom stereocenters. The standard InChI is InChI=1S/C32H30O14/c1-11-9-17(35)21-23(37)19-15(33)7-5-13(25(19)45-31(21,27(11)39)29(41)43-3)14-6-8-16(34)20-24(38)22-18(36)10-12(2)28(40)32(22,30(42)44-4)46-26(14)20/h5-8,11-12,27-28,33-34,37-40H,9-10H2,1-4H3/t11-,12-,27-,28-,31?,32?/m1/s1. The lowest BCUT2D eigenvalue weighted by molar-refractivity contribution is -0.174. The fraction of sp³-hybridized carbons (Fsp3) is 0.375. The van der Waals surface area contributed by atoms with Crippen LogP contribution in [0.2, 0.25) is 0 Å². The third-order valence-electron chi connectivity index (χ3n) is 9.24. The maximum atomic E-state index is 13.4. The van der Waals surface area contributed by atoms with Gasteiger partial charge in [0, 0.05) is 24.0 Å². The van der Waals surface area contributed by atoms with Crippen LogP contribution in [0.1, 0.15) is 37.8 Å². The highest BCUT2D eigenvalue weighted by Gasteiger charge is 2.65. The van der Waals surface area contributed by atoms with E-state index in [4.69, 9.17) is 18.9 Å². The highest BCUT2D eigenvalue weighted by molar-refractivity contribution is 6.14. The van der Waals surface area contributed by atoms with Crippen molar-refractivity contribution >= 4 is 35.0 Å². The van der Waals surface area contributed by atoms with Crippen LogP contribution in [-0.2, 0) is 28.7 Å². The van der Waals surface area contributed by atoms with Gasteiger partial charge < -0.3 is 49.6 Å². The first kappa shape index (κ1) is 30.9. The van der Waals surface area contributed by atoms with Crippen molar-refractivity contribution in [2.24, 2.45) is 11.8 Å². The average molecular weight is 639 g/mol. The van der Waals surface area contributed by atoms with E-state index >= 15 is 0 Å². The van der Waals surface area contributed by atoms with Crippen molar-refractivity contribution in [3.05, 3.63) is 46.5 Å². The number of carbonyl (C=O) groups excluding carboxylic acids is 4. The maximum Gasteiger partial charge on any atom is 0.358 e. The van der Waals surface area contributed by atoms with Crippen LogP contribution in [0.3, 0.4) is 0 Å². The largest absolute Gasteiger partial charge is 0.507 e. The van der Waals surface area contributed by atoms with Gasteiger partial charge in [-0.05, 0) is 36.1 Å². The Hall–Kier alpha value is -5.08. The van der Waals surface area contributed by atoms with Crippen LogP contribution in [0.5, 0.6) is 23.0 Å². The Kier molecular flexibility index (Phi) is 6.87. The first-order chi connectivity index (χ1) is 21.7. The topological polar surface area (TPSA) is 227 Å². The molecule has 2 fully saturated rings. The second-order valence-electron chi connectivity index (χ2n) is 11.9. The maximum absolute atomic E-state index is 13.4. The normalized spacial score (nSPS) is 29.9. The lowest BCUT2D eigenvalue weighted by Gasteiger charge is -2.46. The number of phenolic OH excluding ortho intramolecular Hbond substituents is 2. The Balaban J connectivity index is 1.68. The van der Waals surface area contributed by atoms with E-state index in [0.29, 0.717) is 0 Å². The van der Waals surface area contributed by atoms with Gasteiger partial charge in [0.25, 0.3) is 11.2 Å². The zero-order valence-electron chi connectivity index (χ0n) is 25.0. The SMILES string of the molecule is COC(=O)C12Oc3c(-c4ccc(O)c5c4OC4(C(=O)OC)C(=C5O)C(=O)C[C@@H](C)[C@H]4O)ccc(O)c3C(O)=C1C(=O)C[C@@H](C)[C@H]2O. The molecule has 14 heteroatoms. The molecule has 2 saturated carbocycles. The van der Waals surface area contributed by atoms with E-state index in [1.54, 1.807) is 0 Å². The smallest absolute Gasteiger partial charge is 0.358 e. The summed E-state index contributed by atoms with van der Waals surface area (Å²) in [5.41, 5.74) is -7.49. The molecule has 0 radical (unpaired) electrons. The molecule has 2 heterocycles. The number of aliphatic hydroxyl groups excluding tert-OH is 4. The average Bonchev–Trinajstić information content (AvgIpc) is 3.01. The van der Waals surface area contributed by atoms with Crippen LogP contribution in [0.25, 0.3) is 22.6 Å². The Morgan fingerprint density at radius 3 is 1.37 bits per heavy atom. The van der Waals surface area contributed by atoms with Crippen LogP contribution < -0.4 is 9.47 Å². The molecule has 0 amide bonds.